The molecular formula is C26H30N6O3S. The highest BCUT2D eigenvalue weighted by Gasteiger charge is 2.26. The number of sulfonamides is 1. The fourth-order valence-electron chi connectivity index (χ4n) is 4.70. The second kappa shape index (κ2) is 10.2. The van der Waals surface area contributed by atoms with Crippen LogP contribution in [0.4, 0.5) is 0 Å². The molecule has 1 aromatic carbocycles. The first-order chi connectivity index (χ1) is 17.1. The van der Waals surface area contributed by atoms with Crippen LogP contribution >= 0.6 is 0 Å². The van der Waals surface area contributed by atoms with Gasteiger partial charge in [-0.25, -0.2) is 9.71 Å². The molecule has 0 spiro atoms. The van der Waals surface area contributed by atoms with E-state index in [0.29, 0.717) is 6.54 Å². The molecule has 0 saturated heterocycles. The molecule has 4 rings (SSSR count). The molecule has 3 aromatic rings. The van der Waals surface area contributed by atoms with Gasteiger partial charge in [-0.15, -0.1) is 0 Å². The Labute approximate surface area is 211 Å². The molecule has 1 aliphatic rings. The fraction of sp³-hybridized carbons (Fsp3) is 0.385. The molecule has 188 valence electrons. The van der Waals surface area contributed by atoms with Crippen LogP contribution < -0.4 is 4.72 Å². The highest BCUT2D eigenvalue weighted by atomic mass is 32.2. The number of nitrogens with one attached hydrogen (secondary N) is 1. The van der Waals surface area contributed by atoms with E-state index in [2.05, 4.69) is 14.8 Å². The van der Waals surface area contributed by atoms with E-state index in [1.807, 2.05) is 51.0 Å². The summed E-state index contributed by atoms with van der Waals surface area (Å²) in [6, 6.07) is 11.0. The van der Waals surface area contributed by atoms with E-state index in [1.54, 1.807) is 23.0 Å². The molecule has 0 unspecified atom stereocenters. The number of rotatable bonds is 8. The minimum atomic E-state index is -4.16. The normalized spacial score (nSPS) is 13.1. The zero-order valence-electron chi connectivity index (χ0n) is 20.9. The highest BCUT2D eigenvalue weighted by Crippen LogP contribution is 2.34. The number of carbonyl (C=O) groups excluding carboxylic acids is 1. The number of carbonyl (C=O) groups is 1. The molecule has 1 aliphatic carbocycles. The van der Waals surface area contributed by atoms with Crippen molar-refractivity contribution in [2.75, 3.05) is 14.1 Å². The van der Waals surface area contributed by atoms with E-state index in [-0.39, 0.29) is 23.2 Å². The largest absolute Gasteiger partial charge is 0.304 e. The van der Waals surface area contributed by atoms with Gasteiger partial charge in [0.15, 0.2) is 5.03 Å². The number of amides is 1. The van der Waals surface area contributed by atoms with E-state index in [9.17, 15) is 18.5 Å². The van der Waals surface area contributed by atoms with Gasteiger partial charge in [0, 0.05) is 24.8 Å². The molecule has 0 saturated carbocycles. The van der Waals surface area contributed by atoms with E-state index in [4.69, 9.17) is 0 Å². The number of nitriles is 1. The molecule has 9 nitrogen and oxygen atoms in total. The molecule has 2 aromatic heterocycles. The van der Waals surface area contributed by atoms with E-state index in [1.165, 1.54) is 11.6 Å². The van der Waals surface area contributed by atoms with E-state index < -0.39 is 15.9 Å². The van der Waals surface area contributed by atoms with Gasteiger partial charge in [0.2, 0.25) is 5.91 Å². The number of benzene rings is 1. The van der Waals surface area contributed by atoms with Crippen LogP contribution in [-0.2, 0) is 40.6 Å². The average molecular weight is 507 g/mol. The fourth-order valence-corrected chi connectivity index (χ4v) is 5.66. The monoisotopic (exact) mass is 506 g/mol. The van der Waals surface area contributed by atoms with Gasteiger partial charge in [-0.3, -0.25) is 9.48 Å². The Hall–Kier alpha value is -3.55. The van der Waals surface area contributed by atoms with Crippen LogP contribution in [-0.4, -0.2) is 48.1 Å². The molecule has 2 heterocycles. The van der Waals surface area contributed by atoms with Gasteiger partial charge in [-0.05, 0) is 87.2 Å². The Morgan fingerprint density at radius 2 is 2.00 bits per heavy atom. The van der Waals surface area contributed by atoms with Crippen molar-refractivity contribution in [1.82, 2.24) is 24.4 Å². The minimum Gasteiger partial charge on any atom is -0.304 e. The van der Waals surface area contributed by atoms with Gasteiger partial charge >= 0.3 is 0 Å². The van der Waals surface area contributed by atoms with Crippen molar-refractivity contribution in [3.63, 3.8) is 0 Å². The van der Waals surface area contributed by atoms with Gasteiger partial charge < -0.3 is 4.90 Å². The predicted octanol–water partition coefficient (Wildman–Crippen LogP) is 3.00. The van der Waals surface area contributed by atoms with Gasteiger partial charge in [-0.1, -0.05) is 12.1 Å². The standard InChI is InChI=1S/C26H30N6O3S/c1-17(2)32-21(16-31(3)4)13-26(29-32)36(34,35)30-25(33)14-24-22-7-5-6-18(22)8-9-23(24)19-10-11-28-20(12-19)15-27/h8-13,17H,5-7,14,16H2,1-4H3,(H,30,33). The molecule has 0 fully saturated rings. The number of fused-ring (bicyclic) bond motifs is 1. The van der Waals surface area contributed by atoms with Crippen molar-refractivity contribution in [1.29, 1.82) is 5.26 Å². The lowest BCUT2D eigenvalue weighted by Gasteiger charge is -2.15. The Bertz CT molecular complexity index is 1450. The summed E-state index contributed by atoms with van der Waals surface area (Å²) in [7, 11) is -0.366. The molecule has 0 radical (unpaired) electrons. The Balaban J connectivity index is 1.64. The first kappa shape index (κ1) is 25.5. The summed E-state index contributed by atoms with van der Waals surface area (Å²) >= 11 is 0. The molecule has 10 heteroatoms. The Kier molecular flexibility index (Phi) is 7.24. The van der Waals surface area contributed by atoms with E-state index >= 15 is 0 Å². The van der Waals surface area contributed by atoms with Crippen molar-refractivity contribution < 1.29 is 13.2 Å². The van der Waals surface area contributed by atoms with Crippen LogP contribution in [0.2, 0.25) is 0 Å². The van der Waals surface area contributed by atoms with Crippen molar-refractivity contribution in [3.8, 4) is 17.2 Å². The molecule has 36 heavy (non-hydrogen) atoms. The average Bonchev–Trinajstić information content (AvgIpc) is 3.46. The summed E-state index contributed by atoms with van der Waals surface area (Å²) in [6.07, 6.45) is 4.18. The van der Waals surface area contributed by atoms with Crippen LogP contribution in [0, 0.1) is 11.3 Å². The number of pyridine rings is 1. The van der Waals surface area contributed by atoms with Crippen LogP contribution in [0.1, 0.15) is 54.4 Å². The van der Waals surface area contributed by atoms with Gasteiger partial charge in [0.05, 0.1) is 12.1 Å². The van der Waals surface area contributed by atoms with Crippen molar-refractivity contribution in [2.24, 2.45) is 0 Å². The van der Waals surface area contributed by atoms with Crippen LogP contribution in [0.15, 0.2) is 41.6 Å². The smallest absolute Gasteiger partial charge is 0.283 e. The highest BCUT2D eigenvalue weighted by molar-refractivity contribution is 7.90. The summed E-state index contributed by atoms with van der Waals surface area (Å²) in [5, 5.41) is 13.4. The zero-order chi connectivity index (χ0) is 26.0. The summed E-state index contributed by atoms with van der Waals surface area (Å²) in [6.45, 7) is 4.37. The maximum absolute atomic E-state index is 13.1. The first-order valence-corrected chi connectivity index (χ1v) is 13.4. The Morgan fingerprint density at radius 3 is 2.69 bits per heavy atom. The van der Waals surface area contributed by atoms with Crippen molar-refractivity contribution in [3.05, 3.63) is 64.6 Å². The lowest BCUT2D eigenvalue weighted by Crippen LogP contribution is -2.32. The second-order valence-electron chi connectivity index (χ2n) is 9.58. The van der Waals surface area contributed by atoms with Crippen LogP contribution in [0.5, 0.6) is 0 Å². The lowest BCUT2D eigenvalue weighted by atomic mass is 9.91. The SMILES string of the molecule is CC(C)n1nc(S(=O)(=O)NC(=O)Cc2c(-c3ccnc(C#N)c3)ccc3c2CCC3)cc1CN(C)C. The summed E-state index contributed by atoms with van der Waals surface area (Å²) in [5.41, 5.74) is 5.63. The molecule has 0 atom stereocenters. The number of hydrogen-bond acceptors (Lipinski definition) is 7. The molecule has 0 bridgehead atoms. The van der Waals surface area contributed by atoms with Gasteiger partial charge in [0.1, 0.15) is 11.8 Å². The van der Waals surface area contributed by atoms with Gasteiger partial charge in [-0.2, -0.15) is 18.8 Å². The third-order valence-electron chi connectivity index (χ3n) is 6.21. The lowest BCUT2D eigenvalue weighted by molar-refractivity contribution is -0.118. The zero-order valence-corrected chi connectivity index (χ0v) is 21.8. The van der Waals surface area contributed by atoms with Crippen molar-refractivity contribution >= 4 is 15.9 Å². The molecule has 1 N–H and O–H groups in total. The summed E-state index contributed by atoms with van der Waals surface area (Å²) in [5.74, 6) is -0.626. The second-order valence-corrected chi connectivity index (χ2v) is 11.2. The Morgan fingerprint density at radius 1 is 1.22 bits per heavy atom. The topological polar surface area (TPSA) is 121 Å². The quantitative estimate of drug-likeness (QED) is 0.498. The maximum atomic E-state index is 13.1. The van der Waals surface area contributed by atoms with E-state index in [0.717, 1.165) is 47.2 Å². The third-order valence-corrected chi connectivity index (χ3v) is 7.45. The van der Waals surface area contributed by atoms with Crippen molar-refractivity contribution in [2.45, 2.75) is 57.1 Å². The first-order valence-electron chi connectivity index (χ1n) is 11.9. The summed E-state index contributed by atoms with van der Waals surface area (Å²) < 4.78 is 30.1. The molecular weight excluding hydrogens is 476 g/mol. The predicted molar refractivity (Wildman–Crippen MR) is 135 cm³/mol. The van der Waals surface area contributed by atoms with Gasteiger partial charge in [0.25, 0.3) is 10.0 Å². The number of hydrogen-bond donors (Lipinski definition) is 1. The van der Waals surface area contributed by atoms with Crippen LogP contribution in [0.25, 0.3) is 11.1 Å². The maximum Gasteiger partial charge on any atom is 0.283 e. The molecule has 0 aliphatic heterocycles. The van der Waals surface area contributed by atoms with Crippen LogP contribution in [0.3, 0.4) is 0 Å². The number of aromatic nitrogens is 3. The number of aryl methyl sites for hydroxylation is 1. The minimum absolute atomic E-state index is 0.0345. The number of nitrogens with zero attached hydrogens (tertiary/aromatic N) is 5. The third kappa shape index (κ3) is 5.32. The molecule has 1 amide bonds. The summed E-state index contributed by atoms with van der Waals surface area (Å²) in [4.78, 5) is 19.1.